The Morgan fingerprint density at radius 1 is 1.25 bits per heavy atom. The van der Waals surface area contributed by atoms with Crippen molar-refractivity contribution in [1.29, 1.82) is 0 Å². The van der Waals surface area contributed by atoms with Crippen molar-refractivity contribution in [2.75, 3.05) is 25.9 Å². The minimum atomic E-state index is 0.790. The Bertz CT molecular complexity index is 210. The lowest BCUT2D eigenvalue weighted by atomic mass is 10.1. The summed E-state index contributed by atoms with van der Waals surface area (Å²) in [7, 11) is 0. The molecule has 0 saturated carbocycles. The van der Waals surface area contributed by atoms with E-state index in [2.05, 4.69) is 23.4 Å². The maximum Gasteiger partial charge on any atom is 0.0354 e. The molecule has 0 aliphatic carbocycles. The fourth-order valence-corrected chi connectivity index (χ4v) is 4.14. The quantitative estimate of drug-likeness (QED) is 0.818. The van der Waals surface area contributed by atoms with Crippen molar-refractivity contribution < 1.29 is 0 Å². The van der Waals surface area contributed by atoms with Crippen LogP contribution in [0.2, 0.25) is 0 Å². The first-order chi connectivity index (χ1) is 7.86. The molecule has 2 aliphatic rings. The van der Waals surface area contributed by atoms with Gasteiger partial charge in [0.05, 0.1) is 0 Å². The SMILES string of the molecule is CCC1CCCCCN1C1CNCC1SC. The van der Waals surface area contributed by atoms with Crippen LogP contribution in [0.4, 0.5) is 0 Å². The third kappa shape index (κ3) is 2.74. The Morgan fingerprint density at radius 2 is 2.12 bits per heavy atom. The number of thioether (sulfide) groups is 1. The van der Waals surface area contributed by atoms with Crippen molar-refractivity contribution in [1.82, 2.24) is 10.2 Å². The topological polar surface area (TPSA) is 15.3 Å². The van der Waals surface area contributed by atoms with Gasteiger partial charge in [0.2, 0.25) is 0 Å². The largest absolute Gasteiger partial charge is 0.314 e. The second-order valence-corrected chi connectivity index (χ2v) is 6.23. The summed E-state index contributed by atoms with van der Waals surface area (Å²) in [6, 6.07) is 1.64. The zero-order valence-electron chi connectivity index (χ0n) is 10.7. The number of hydrogen-bond donors (Lipinski definition) is 1. The highest BCUT2D eigenvalue weighted by molar-refractivity contribution is 7.99. The Balaban J connectivity index is 2.03. The van der Waals surface area contributed by atoms with Gasteiger partial charge in [-0.05, 0) is 32.1 Å². The highest BCUT2D eigenvalue weighted by atomic mass is 32.2. The molecule has 0 aromatic heterocycles. The average Bonchev–Trinajstić information content (AvgIpc) is 2.66. The van der Waals surface area contributed by atoms with E-state index in [1.165, 1.54) is 51.7 Å². The first-order valence-corrected chi connectivity index (χ1v) is 8.15. The van der Waals surface area contributed by atoms with Crippen LogP contribution in [0, 0.1) is 0 Å². The third-order valence-corrected chi connectivity index (χ3v) is 5.34. The van der Waals surface area contributed by atoms with Crippen LogP contribution in [0.3, 0.4) is 0 Å². The molecule has 3 unspecified atom stereocenters. The summed E-state index contributed by atoms with van der Waals surface area (Å²) in [5, 5.41) is 4.39. The molecule has 0 spiro atoms. The molecule has 16 heavy (non-hydrogen) atoms. The number of likely N-dealkylation sites (tertiary alicyclic amines) is 1. The summed E-state index contributed by atoms with van der Waals surface area (Å²) < 4.78 is 0. The van der Waals surface area contributed by atoms with Crippen molar-refractivity contribution in [3.63, 3.8) is 0 Å². The molecule has 2 aliphatic heterocycles. The lowest BCUT2D eigenvalue weighted by Gasteiger charge is -2.36. The summed E-state index contributed by atoms with van der Waals surface area (Å²) in [4.78, 5) is 2.83. The van der Waals surface area contributed by atoms with E-state index in [9.17, 15) is 0 Å². The average molecular weight is 242 g/mol. The van der Waals surface area contributed by atoms with Gasteiger partial charge in [0.25, 0.3) is 0 Å². The van der Waals surface area contributed by atoms with E-state index >= 15 is 0 Å². The van der Waals surface area contributed by atoms with Gasteiger partial charge >= 0.3 is 0 Å². The lowest BCUT2D eigenvalue weighted by Crippen LogP contribution is -2.47. The van der Waals surface area contributed by atoms with E-state index in [1.54, 1.807) is 0 Å². The zero-order chi connectivity index (χ0) is 11.4. The molecule has 2 nitrogen and oxygen atoms in total. The molecule has 3 atom stereocenters. The highest BCUT2D eigenvalue weighted by Gasteiger charge is 2.34. The molecule has 0 aromatic rings. The molecule has 94 valence electrons. The molecule has 0 amide bonds. The van der Waals surface area contributed by atoms with Gasteiger partial charge in [-0.15, -0.1) is 0 Å². The summed E-state index contributed by atoms with van der Waals surface area (Å²) in [6.45, 7) is 6.11. The second kappa shape index (κ2) is 6.27. The normalized spacial score (nSPS) is 37.5. The molecule has 2 rings (SSSR count). The summed E-state index contributed by atoms with van der Waals surface area (Å²) in [5.74, 6) is 0. The molecule has 2 fully saturated rings. The van der Waals surface area contributed by atoms with Crippen molar-refractivity contribution >= 4 is 11.8 Å². The maximum absolute atomic E-state index is 3.57. The van der Waals surface area contributed by atoms with Crippen LogP contribution < -0.4 is 5.32 Å². The Kier molecular flexibility index (Phi) is 4.98. The van der Waals surface area contributed by atoms with Gasteiger partial charge in [0, 0.05) is 30.4 Å². The molecule has 0 radical (unpaired) electrons. The molecule has 2 saturated heterocycles. The second-order valence-electron chi connectivity index (χ2n) is 5.15. The van der Waals surface area contributed by atoms with Gasteiger partial charge in [-0.25, -0.2) is 0 Å². The van der Waals surface area contributed by atoms with Gasteiger partial charge < -0.3 is 5.32 Å². The lowest BCUT2D eigenvalue weighted by molar-refractivity contribution is 0.145. The van der Waals surface area contributed by atoms with Crippen LogP contribution in [-0.2, 0) is 0 Å². The predicted molar refractivity (Wildman–Crippen MR) is 73.2 cm³/mol. The van der Waals surface area contributed by atoms with Gasteiger partial charge in [-0.1, -0.05) is 19.8 Å². The smallest absolute Gasteiger partial charge is 0.0354 e. The Hall–Kier alpha value is 0.270. The summed E-state index contributed by atoms with van der Waals surface area (Å²) in [6.07, 6.45) is 9.32. The van der Waals surface area contributed by atoms with Crippen LogP contribution in [0.25, 0.3) is 0 Å². The van der Waals surface area contributed by atoms with Crippen molar-refractivity contribution in [2.45, 2.75) is 56.4 Å². The number of rotatable bonds is 3. The van der Waals surface area contributed by atoms with Crippen molar-refractivity contribution in [3.05, 3.63) is 0 Å². The molecule has 0 aromatic carbocycles. The van der Waals surface area contributed by atoms with Crippen LogP contribution in [0.15, 0.2) is 0 Å². The van der Waals surface area contributed by atoms with E-state index < -0.39 is 0 Å². The maximum atomic E-state index is 3.57. The standard InChI is InChI=1S/C13H26N2S/c1-3-11-7-5-4-6-8-15(11)12-9-14-10-13(12)16-2/h11-14H,3-10H2,1-2H3. The van der Waals surface area contributed by atoms with Gasteiger partial charge in [-0.2, -0.15) is 11.8 Å². The number of hydrogen-bond acceptors (Lipinski definition) is 3. The monoisotopic (exact) mass is 242 g/mol. The van der Waals surface area contributed by atoms with E-state index in [0.717, 1.165) is 17.3 Å². The van der Waals surface area contributed by atoms with Crippen LogP contribution in [-0.4, -0.2) is 48.1 Å². The summed E-state index contributed by atoms with van der Waals surface area (Å²) in [5.41, 5.74) is 0. The van der Waals surface area contributed by atoms with Crippen LogP contribution >= 0.6 is 11.8 Å². The molecule has 0 bridgehead atoms. The van der Waals surface area contributed by atoms with Gasteiger partial charge in [0.15, 0.2) is 0 Å². The fraction of sp³-hybridized carbons (Fsp3) is 1.00. The van der Waals surface area contributed by atoms with Crippen molar-refractivity contribution in [3.8, 4) is 0 Å². The van der Waals surface area contributed by atoms with Gasteiger partial charge in [0.1, 0.15) is 0 Å². The number of nitrogens with one attached hydrogen (secondary N) is 1. The van der Waals surface area contributed by atoms with Gasteiger partial charge in [-0.3, -0.25) is 4.90 Å². The Labute approximate surface area is 105 Å². The molecular weight excluding hydrogens is 216 g/mol. The van der Waals surface area contributed by atoms with E-state index in [-0.39, 0.29) is 0 Å². The highest BCUT2D eigenvalue weighted by Crippen LogP contribution is 2.27. The fourth-order valence-electron chi connectivity index (χ4n) is 3.29. The molecular formula is C13H26N2S. The van der Waals surface area contributed by atoms with E-state index in [1.807, 2.05) is 11.8 Å². The first kappa shape index (κ1) is 12.7. The van der Waals surface area contributed by atoms with Crippen LogP contribution in [0.1, 0.15) is 39.0 Å². The van der Waals surface area contributed by atoms with Crippen LogP contribution in [0.5, 0.6) is 0 Å². The summed E-state index contributed by atoms with van der Waals surface area (Å²) >= 11 is 2.05. The minimum Gasteiger partial charge on any atom is -0.314 e. The zero-order valence-corrected chi connectivity index (χ0v) is 11.6. The van der Waals surface area contributed by atoms with Crippen molar-refractivity contribution in [2.24, 2.45) is 0 Å². The van der Waals surface area contributed by atoms with E-state index in [4.69, 9.17) is 0 Å². The van der Waals surface area contributed by atoms with E-state index in [0.29, 0.717) is 0 Å². The number of nitrogens with zero attached hydrogens (tertiary/aromatic N) is 1. The molecule has 3 heteroatoms. The minimum absolute atomic E-state index is 0.790. The first-order valence-electron chi connectivity index (χ1n) is 6.86. The molecule has 1 N–H and O–H groups in total. The predicted octanol–water partition coefficient (Wildman–Crippen LogP) is 2.34. The third-order valence-electron chi connectivity index (χ3n) is 4.25. The molecule has 2 heterocycles. The Morgan fingerprint density at radius 3 is 2.88 bits per heavy atom.